The molecule has 132 valence electrons. The summed E-state index contributed by atoms with van der Waals surface area (Å²) in [5.41, 5.74) is 2.25. The zero-order valence-electron chi connectivity index (χ0n) is 14.5. The van der Waals surface area contributed by atoms with Crippen molar-refractivity contribution < 1.29 is 4.79 Å². The van der Waals surface area contributed by atoms with Crippen molar-refractivity contribution in [3.63, 3.8) is 0 Å². The van der Waals surface area contributed by atoms with Gasteiger partial charge in [-0.15, -0.1) is 11.3 Å². The van der Waals surface area contributed by atoms with E-state index in [4.69, 9.17) is 9.97 Å². The highest BCUT2D eigenvalue weighted by Gasteiger charge is 2.31. The molecular formula is C19H19N5OS. The van der Waals surface area contributed by atoms with Gasteiger partial charge in [-0.3, -0.25) is 9.78 Å². The Labute approximate surface area is 155 Å². The number of aryl methyl sites for hydroxylation is 2. The maximum atomic E-state index is 12.4. The highest BCUT2D eigenvalue weighted by molar-refractivity contribution is 7.19. The second-order valence-corrected chi connectivity index (χ2v) is 8.00. The van der Waals surface area contributed by atoms with Gasteiger partial charge in [0.2, 0.25) is 5.91 Å². The van der Waals surface area contributed by atoms with E-state index in [2.05, 4.69) is 10.3 Å². The smallest absolute Gasteiger partial charge is 0.244 e. The Hall–Kier alpha value is -2.54. The molecule has 1 unspecified atom stereocenters. The van der Waals surface area contributed by atoms with Gasteiger partial charge in [-0.1, -0.05) is 0 Å². The number of likely N-dealkylation sites (N-methyl/N-ethyl adjacent to an activating group) is 1. The molecule has 4 heterocycles. The summed E-state index contributed by atoms with van der Waals surface area (Å²) in [6.45, 7) is 0.780. The number of nitrogens with one attached hydrogen (secondary N) is 1. The maximum absolute atomic E-state index is 12.4. The average molecular weight is 365 g/mol. The topological polar surface area (TPSA) is 71.0 Å². The Morgan fingerprint density at radius 2 is 2.23 bits per heavy atom. The van der Waals surface area contributed by atoms with Crippen molar-refractivity contribution >= 4 is 33.3 Å². The number of anilines is 1. The van der Waals surface area contributed by atoms with Crippen LogP contribution in [0.5, 0.6) is 0 Å². The third-order valence-corrected chi connectivity index (χ3v) is 6.41. The number of pyridine rings is 1. The molecule has 0 aromatic carbocycles. The van der Waals surface area contributed by atoms with E-state index in [1.807, 2.05) is 19.2 Å². The molecule has 0 bridgehead atoms. The lowest BCUT2D eigenvalue weighted by Crippen LogP contribution is -2.31. The van der Waals surface area contributed by atoms with Crippen LogP contribution in [0.15, 0.2) is 24.5 Å². The van der Waals surface area contributed by atoms with Crippen LogP contribution < -0.4 is 5.32 Å². The van der Waals surface area contributed by atoms with E-state index in [-0.39, 0.29) is 11.9 Å². The minimum absolute atomic E-state index is 0.131. The van der Waals surface area contributed by atoms with Crippen LogP contribution in [0, 0.1) is 0 Å². The van der Waals surface area contributed by atoms with Crippen molar-refractivity contribution in [2.75, 3.05) is 18.9 Å². The van der Waals surface area contributed by atoms with E-state index in [1.54, 1.807) is 28.6 Å². The number of rotatable bonds is 3. The number of aromatic nitrogens is 3. The molecule has 0 saturated carbocycles. The molecule has 5 rings (SSSR count). The second-order valence-electron chi connectivity index (χ2n) is 6.92. The summed E-state index contributed by atoms with van der Waals surface area (Å²) in [6, 6.07) is 3.64. The number of nitrogens with zero attached hydrogens (tertiary/aromatic N) is 4. The zero-order valence-corrected chi connectivity index (χ0v) is 15.3. The first-order valence-electron chi connectivity index (χ1n) is 8.95. The number of carbonyl (C=O) groups is 1. The van der Waals surface area contributed by atoms with Gasteiger partial charge in [-0.05, 0) is 43.4 Å². The molecule has 2 aliphatic rings. The standard InChI is InChI=1S/C19H19N5OS/c1-24-9-7-13(19(24)25)21-17-15-12-5-2-6-14(12)26-18(15)23-16(22-17)11-4-3-8-20-10-11/h3-4,8,10,13H,2,5-7,9H2,1H3,(H,21,22,23). The maximum Gasteiger partial charge on any atom is 0.244 e. The molecule has 1 N–H and O–H groups in total. The second kappa shape index (κ2) is 6.02. The Balaban J connectivity index is 1.65. The van der Waals surface area contributed by atoms with Crippen LogP contribution in [0.3, 0.4) is 0 Å². The molecule has 1 amide bonds. The minimum atomic E-state index is -0.211. The van der Waals surface area contributed by atoms with Gasteiger partial charge in [-0.2, -0.15) is 0 Å². The fourth-order valence-corrected chi connectivity index (χ4v) is 5.11. The largest absolute Gasteiger partial charge is 0.358 e. The molecule has 6 nitrogen and oxygen atoms in total. The van der Waals surface area contributed by atoms with Crippen molar-refractivity contribution in [1.29, 1.82) is 0 Å². The van der Waals surface area contributed by atoms with Crippen LogP contribution in [-0.2, 0) is 17.6 Å². The van der Waals surface area contributed by atoms with Crippen molar-refractivity contribution in [2.45, 2.75) is 31.7 Å². The van der Waals surface area contributed by atoms with Crippen molar-refractivity contribution in [3.05, 3.63) is 35.0 Å². The number of carbonyl (C=O) groups excluding carboxylic acids is 1. The summed E-state index contributed by atoms with van der Waals surface area (Å²) in [4.78, 5) is 30.4. The van der Waals surface area contributed by atoms with Gasteiger partial charge in [0.05, 0.1) is 5.39 Å². The SMILES string of the molecule is CN1CCC(Nc2nc(-c3cccnc3)nc3sc4c(c23)CCC4)C1=O. The first-order chi connectivity index (χ1) is 12.7. The molecule has 0 spiro atoms. The van der Waals surface area contributed by atoms with Gasteiger partial charge >= 0.3 is 0 Å². The molecule has 1 saturated heterocycles. The van der Waals surface area contributed by atoms with E-state index >= 15 is 0 Å². The number of hydrogen-bond donors (Lipinski definition) is 1. The molecule has 1 aliphatic carbocycles. The number of thiophene rings is 1. The summed E-state index contributed by atoms with van der Waals surface area (Å²) in [6.07, 6.45) is 7.69. The quantitative estimate of drug-likeness (QED) is 0.773. The van der Waals surface area contributed by atoms with E-state index < -0.39 is 0 Å². The Kier molecular flexibility index (Phi) is 3.63. The normalized spacial score (nSPS) is 19.3. The lowest BCUT2D eigenvalue weighted by atomic mass is 10.1. The van der Waals surface area contributed by atoms with Crippen LogP contribution in [0.25, 0.3) is 21.6 Å². The highest BCUT2D eigenvalue weighted by Crippen LogP contribution is 2.40. The number of amides is 1. The van der Waals surface area contributed by atoms with Crippen LogP contribution in [-0.4, -0.2) is 45.4 Å². The molecule has 3 aromatic rings. The molecule has 1 aliphatic heterocycles. The van der Waals surface area contributed by atoms with Crippen LogP contribution in [0.1, 0.15) is 23.3 Å². The van der Waals surface area contributed by atoms with E-state index in [9.17, 15) is 4.79 Å². The fourth-order valence-electron chi connectivity index (χ4n) is 3.85. The summed E-state index contributed by atoms with van der Waals surface area (Å²) < 4.78 is 0. The van der Waals surface area contributed by atoms with Gasteiger partial charge in [-0.25, -0.2) is 9.97 Å². The lowest BCUT2D eigenvalue weighted by Gasteiger charge is -2.15. The van der Waals surface area contributed by atoms with Crippen molar-refractivity contribution in [3.8, 4) is 11.4 Å². The minimum Gasteiger partial charge on any atom is -0.358 e. The first-order valence-corrected chi connectivity index (χ1v) is 9.76. The Bertz CT molecular complexity index is 1000. The van der Waals surface area contributed by atoms with Crippen molar-refractivity contribution in [1.82, 2.24) is 19.9 Å². The number of likely N-dealkylation sites (tertiary alicyclic amines) is 1. The third kappa shape index (κ3) is 2.46. The summed E-state index contributed by atoms with van der Waals surface area (Å²) in [5.74, 6) is 1.58. The molecule has 1 atom stereocenters. The van der Waals surface area contributed by atoms with Crippen LogP contribution in [0.2, 0.25) is 0 Å². The Morgan fingerprint density at radius 1 is 1.31 bits per heavy atom. The number of hydrogen-bond acceptors (Lipinski definition) is 6. The van der Waals surface area contributed by atoms with Gasteiger partial charge in [0.1, 0.15) is 16.7 Å². The first kappa shape index (κ1) is 15.7. The lowest BCUT2D eigenvalue weighted by molar-refractivity contribution is -0.127. The fraction of sp³-hybridized carbons (Fsp3) is 0.368. The van der Waals surface area contributed by atoms with Crippen molar-refractivity contribution in [2.24, 2.45) is 0 Å². The van der Waals surface area contributed by atoms with Crippen LogP contribution >= 0.6 is 11.3 Å². The van der Waals surface area contributed by atoms with Gasteiger partial charge in [0.25, 0.3) is 0 Å². The van der Waals surface area contributed by atoms with Gasteiger partial charge < -0.3 is 10.2 Å². The van der Waals surface area contributed by atoms with Crippen LogP contribution in [0.4, 0.5) is 5.82 Å². The predicted octanol–water partition coefficient (Wildman–Crippen LogP) is 2.88. The molecule has 7 heteroatoms. The van der Waals surface area contributed by atoms with Gasteiger partial charge in [0.15, 0.2) is 5.82 Å². The van der Waals surface area contributed by atoms with E-state index in [0.717, 1.165) is 47.4 Å². The molecule has 0 radical (unpaired) electrons. The molecule has 3 aromatic heterocycles. The van der Waals surface area contributed by atoms with Gasteiger partial charge in [0, 0.05) is 36.4 Å². The summed E-state index contributed by atoms with van der Waals surface area (Å²) in [7, 11) is 1.85. The molecule has 1 fully saturated rings. The summed E-state index contributed by atoms with van der Waals surface area (Å²) in [5, 5.41) is 4.54. The zero-order chi connectivity index (χ0) is 17.7. The average Bonchev–Trinajstić information content (AvgIpc) is 3.33. The Morgan fingerprint density at radius 3 is 3.00 bits per heavy atom. The van der Waals surface area contributed by atoms with E-state index in [1.165, 1.54) is 16.9 Å². The highest BCUT2D eigenvalue weighted by atomic mass is 32.1. The predicted molar refractivity (Wildman–Crippen MR) is 102 cm³/mol. The molecule has 26 heavy (non-hydrogen) atoms. The monoisotopic (exact) mass is 365 g/mol. The summed E-state index contributed by atoms with van der Waals surface area (Å²) >= 11 is 1.76. The van der Waals surface area contributed by atoms with E-state index in [0.29, 0.717) is 5.82 Å². The third-order valence-electron chi connectivity index (χ3n) is 5.22. The number of fused-ring (bicyclic) bond motifs is 3. The molecular weight excluding hydrogens is 346 g/mol.